The molecule has 0 radical (unpaired) electrons. The normalized spacial score (nSPS) is 12.2. The fraction of sp³-hybridized carbons (Fsp3) is 0.214. The molecule has 3 nitrogen and oxygen atoms in total. The molecule has 19 heavy (non-hydrogen) atoms. The summed E-state index contributed by atoms with van der Waals surface area (Å²) in [5, 5.41) is 2.82. The molecule has 0 fully saturated rings. The van der Waals surface area contributed by atoms with Crippen molar-refractivity contribution in [3.05, 3.63) is 58.8 Å². The number of furan rings is 1. The van der Waals surface area contributed by atoms with Crippen molar-refractivity contribution in [2.45, 2.75) is 19.4 Å². The van der Waals surface area contributed by atoms with Gasteiger partial charge in [0.2, 0.25) is 0 Å². The van der Waals surface area contributed by atoms with Gasteiger partial charge in [-0.1, -0.05) is 17.7 Å². The molecule has 0 spiro atoms. The Labute approximate surface area is 115 Å². The molecule has 0 aliphatic carbocycles. The molecular weight excluding hydrogens is 269 g/mol. The van der Waals surface area contributed by atoms with E-state index in [1.54, 1.807) is 12.5 Å². The Balaban J connectivity index is 2.04. The first-order valence-corrected chi connectivity index (χ1v) is 6.21. The van der Waals surface area contributed by atoms with Crippen LogP contribution < -0.4 is 5.32 Å². The van der Waals surface area contributed by atoms with Gasteiger partial charge in [-0.25, -0.2) is 4.39 Å². The van der Waals surface area contributed by atoms with Crippen LogP contribution in [0, 0.1) is 5.82 Å². The van der Waals surface area contributed by atoms with E-state index >= 15 is 0 Å². The molecule has 1 N–H and O–H groups in total. The Morgan fingerprint density at radius 3 is 2.89 bits per heavy atom. The molecule has 1 aromatic carbocycles. The topological polar surface area (TPSA) is 42.2 Å². The van der Waals surface area contributed by atoms with Gasteiger partial charge < -0.3 is 9.73 Å². The first-order valence-electron chi connectivity index (χ1n) is 5.84. The number of amides is 1. The Bertz CT molecular complexity index is 549. The van der Waals surface area contributed by atoms with E-state index in [9.17, 15) is 9.18 Å². The molecule has 0 saturated heterocycles. The molecule has 1 aromatic heterocycles. The van der Waals surface area contributed by atoms with Gasteiger partial charge in [0.1, 0.15) is 5.82 Å². The lowest BCUT2D eigenvalue weighted by atomic mass is 10.1. The van der Waals surface area contributed by atoms with Crippen LogP contribution in [0.15, 0.2) is 41.2 Å². The third-order valence-corrected chi connectivity index (χ3v) is 3.00. The number of rotatable bonds is 4. The number of nitrogens with one attached hydrogen (secondary N) is 1. The summed E-state index contributed by atoms with van der Waals surface area (Å²) in [5.74, 6) is -1.14. The predicted molar refractivity (Wildman–Crippen MR) is 70.8 cm³/mol. The number of carbonyl (C=O) groups excluding carboxylic acids is 1. The zero-order valence-corrected chi connectivity index (χ0v) is 11.1. The monoisotopic (exact) mass is 281 g/mol. The van der Waals surface area contributed by atoms with Crippen LogP contribution in [-0.4, -0.2) is 11.9 Å². The zero-order valence-electron chi connectivity index (χ0n) is 10.3. The molecule has 0 aliphatic heterocycles. The van der Waals surface area contributed by atoms with Gasteiger partial charge in [0.05, 0.1) is 23.1 Å². The average molecular weight is 282 g/mol. The van der Waals surface area contributed by atoms with Crippen molar-refractivity contribution in [2.24, 2.45) is 0 Å². The summed E-state index contributed by atoms with van der Waals surface area (Å²) in [6.07, 6.45) is 3.78. The summed E-state index contributed by atoms with van der Waals surface area (Å²) in [7, 11) is 0. The largest absolute Gasteiger partial charge is 0.472 e. The first-order chi connectivity index (χ1) is 9.08. The minimum absolute atomic E-state index is 0.105. The van der Waals surface area contributed by atoms with Gasteiger partial charge in [-0.2, -0.15) is 0 Å². The minimum atomic E-state index is -0.625. The first kappa shape index (κ1) is 13.6. The van der Waals surface area contributed by atoms with Gasteiger partial charge in [0.25, 0.3) is 5.91 Å². The molecule has 1 atom stereocenters. The van der Waals surface area contributed by atoms with Gasteiger partial charge in [0, 0.05) is 6.04 Å². The van der Waals surface area contributed by atoms with Crippen LogP contribution in [0.3, 0.4) is 0 Å². The molecule has 0 aliphatic rings. The quantitative estimate of drug-likeness (QED) is 0.933. The molecule has 2 aromatic rings. The molecular formula is C14H13ClFNO2. The van der Waals surface area contributed by atoms with Crippen molar-refractivity contribution in [1.82, 2.24) is 5.32 Å². The fourth-order valence-electron chi connectivity index (χ4n) is 1.82. The van der Waals surface area contributed by atoms with Crippen molar-refractivity contribution < 1.29 is 13.6 Å². The highest BCUT2D eigenvalue weighted by Gasteiger charge is 2.17. The van der Waals surface area contributed by atoms with E-state index in [0.29, 0.717) is 6.42 Å². The van der Waals surface area contributed by atoms with Crippen molar-refractivity contribution in [3.8, 4) is 0 Å². The number of hydrogen-bond donors (Lipinski definition) is 1. The van der Waals surface area contributed by atoms with Crippen molar-refractivity contribution in [1.29, 1.82) is 0 Å². The highest BCUT2D eigenvalue weighted by molar-refractivity contribution is 6.33. The highest BCUT2D eigenvalue weighted by Crippen LogP contribution is 2.19. The van der Waals surface area contributed by atoms with E-state index in [-0.39, 0.29) is 16.6 Å². The third kappa shape index (κ3) is 3.35. The molecule has 5 heteroatoms. The van der Waals surface area contributed by atoms with Crippen LogP contribution >= 0.6 is 11.6 Å². The van der Waals surface area contributed by atoms with E-state index in [0.717, 1.165) is 5.56 Å². The van der Waals surface area contributed by atoms with E-state index in [2.05, 4.69) is 5.32 Å². The van der Waals surface area contributed by atoms with Crippen molar-refractivity contribution in [2.75, 3.05) is 0 Å². The molecule has 0 saturated carbocycles. The van der Waals surface area contributed by atoms with Crippen LogP contribution in [-0.2, 0) is 6.42 Å². The molecule has 1 unspecified atom stereocenters. The van der Waals surface area contributed by atoms with E-state index in [1.165, 1.54) is 18.2 Å². The third-order valence-electron chi connectivity index (χ3n) is 2.69. The Morgan fingerprint density at radius 2 is 2.26 bits per heavy atom. The van der Waals surface area contributed by atoms with E-state index < -0.39 is 11.7 Å². The summed E-state index contributed by atoms with van der Waals surface area (Å²) in [6.45, 7) is 1.83. The lowest BCUT2D eigenvalue weighted by Gasteiger charge is -2.14. The second kappa shape index (κ2) is 5.89. The Kier molecular flexibility index (Phi) is 4.22. The number of hydrogen-bond acceptors (Lipinski definition) is 2. The standard InChI is InChI=1S/C14H13ClFNO2/c1-9(7-10-5-6-19-8-10)17-14(18)13-11(15)3-2-4-12(13)16/h2-6,8-9H,7H2,1H3,(H,17,18). The van der Waals surface area contributed by atoms with Gasteiger partial charge in [-0.3, -0.25) is 4.79 Å². The van der Waals surface area contributed by atoms with Crippen LogP contribution in [0.5, 0.6) is 0 Å². The summed E-state index contributed by atoms with van der Waals surface area (Å²) in [5.41, 5.74) is 0.843. The summed E-state index contributed by atoms with van der Waals surface area (Å²) < 4.78 is 18.5. The molecule has 0 bridgehead atoms. The molecule has 2 rings (SSSR count). The fourth-order valence-corrected chi connectivity index (χ4v) is 2.07. The maximum atomic E-state index is 13.6. The predicted octanol–water partition coefficient (Wildman–Crippen LogP) is 3.43. The van der Waals surface area contributed by atoms with Crippen LogP contribution in [0.25, 0.3) is 0 Å². The van der Waals surface area contributed by atoms with Crippen LogP contribution in [0.2, 0.25) is 5.02 Å². The zero-order chi connectivity index (χ0) is 13.8. The molecule has 1 amide bonds. The molecule has 1 heterocycles. The summed E-state index contributed by atoms with van der Waals surface area (Å²) >= 11 is 5.83. The average Bonchev–Trinajstić information content (AvgIpc) is 2.81. The maximum absolute atomic E-state index is 13.6. The van der Waals surface area contributed by atoms with Crippen LogP contribution in [0.4, 0.5) is 4.39 Å². The Hall–Kier alpha value is -1.81. The number of carbonyl (C=O) groups is 1. The van der Waals surface area contributed by atoms with Gasteiger partial charge in [0.15, 0.2) is 0 Å². The van der Waals surface area contributed by atoms with E-state index in [1.807, 2.05) is 13.0 Å². The second-order valence-electron chi connectivity index (χ2n) is 4.31. The van der Waals surface area contributed by atoms with E-state index in [4.69, 9.17) is 16.0 Å². The second-order valence-corrected chi connectivity index (χ2v) is 4.71. The van der Waals surface area contributed by atoms with Gasteiger partial charge >= 0.3 is 0 Å². The van der Waals surface area contributed by atoms with Crippen LogP contribution in [0.1, 0.15) is 22.8 Å². The SMILES string of the molecule is CC(Cc1ccoc1)NC(=O)c1c(F)cccc1Cl. The van der Waals surface area contributed by atoms with Gasteiger partial charge in [-0.15, -0.1) is 0 Å². The highest BCUT2D eigenvalue weighted by atomic mass is 35.5. The maximum Gasteiger partial charge on any atom is 0.255 e. The van der Waals surface area contributed by atoms with Crippen molar-refractivity contribution in [3.63, 3.8) is 0 Å². The lowest BCUT2D eigenvalue weighted by Crippen LogP contribution is -2.34. The van der Waals surface area contributed by atoms with Crippen molar-refractivity contribution >= 4 is 17.5 Å². The summed E-state index contributed by atoms with van der Waals surface area (Å²) in [4.78, 5) is 12.0. The number of benzene rings is 1. The summed E-state index contributed by atoms with van der Waals surface area (Å²) in [6, 6.07) is 5.82. The minimum Gasteiger partial charge on any atom is -0.472 e. The number of halogens is 2. The van der Waals surface area contributed by atoms with Gasteiger partial charge in [-0.05, 0) is 37.1 Å². The lowest BCUT2D eigenvalue weighted by molar-refractivity contribution is 0.0936. The Morgan fingerprint density at radius 1 is 1.47 bits per heavy atom. The smallest absolute Gasteiger partial charge is 0.255 e. The molecule has 100 valence electrons.